The molecule has 0 aliphatic rings. The maximum Gasteiger partial charge on any atom is 0.181 e. The highest BCUT2D eigenvalue weighted by Gasteiger charge is 2.24. The van der Waals surface area contributed by atoms with Crippen LogP contribution in [-0.2, 0) is 0 Å². The molecule has 2 N–H and O–H groups in total. The first-order valence-electron chi connectivity index (χ1n) is 9.26. The summed E-state index contributed by atoms with van der Waals surface area (Å²) in [4.78, 5) is 0. The molecule has 6 aromatic rings. The van der Waals surface area contributed by atoms with Crippen molar-refractivity contribution in [1.29, 1.82) is 0 Å². The van der Waals surface area contributed by atoms with Crippen molar-refractivity contribution in [2.75, 3.05) is 7.11 Å². The second-order valence-electron chi connectivity index (χ2n) is 7.37. The van der Waals surface area contributed by atoms with Crippen LogP contribution in [0, 0.1) is 6.92 Å². The van der Waals surface area contributed by atoms with Crippen LogP contribution in [0.25, 0.3) is 54.6 Å². The number of hydrogen-bond acceptors (Lipinski definition) is 5. The highest BCUT2D eigenvalue weighted by Crippen LogP contribution is 2.50. The van der Waals surface area contributed by atoms with Gasteiger partial charge in [0.25, 0.3) is 0 Å². The average molecular weight is 384 g/mol. The summed E-state index contributed by atoms with van der Waals surface area (Å²) in [5, 5.41) is 26.4. The monoisotopic (exact) mass is 384 g/mol. The molecule has 0 unspecified atom stereocenters. The molecule has 0 aliphatic heterocycles. The standard InChI is InChI=1S/C24H16O5/c1-11-3-4-12-8-16-17(9-13(12)7-11)28-24-20(16)22(26)23-19(21(24)25)15-6-5-14(27-2)10-18(15)29-23/h3-10,25-26H,1-2H3. The van der Waals surface area contributed by atoms with Crippen molar-refractivity contribution in [3.8, 4) is 17.2 Å². The van der Waals surface area contributed by atoms with Gasteiger partial charge in [0.05, 0.1) is 17.9 Å². The van der Waals surface area contributed by atoms with E-state index in [2.05, 4.69) is 6.07 Å². The molecule has 6 rings (SSSR count). The van der Waals surface area contributed by atoms with Gasteiger partial charge in [-0.2, -0.15) is 0 Å². The largest absolute Gasteiger partial charge is 0.504 e. The number of fused-ring (bicyclic) bond motifs is 7. The van der Waals surface area contributed by atoms with Gasteiger partial charge in [0.15, 0.2) is 22.7 Å². The van der Waals surface area contributed by atoms with Crippen LogP contribution in [0.15, 0.2) is 57.4 Å². The van der Waals surface area contributed by atoms with Crippen molar-refractivity contribution in [2.45, 2.75) is 6.92 Å². The van der Waals surface area contributed by atoms with E-state index in [1.165, 1.54) is 0 Å². The number of rotatable bonds is 1. The van der Waals surface area contributed by atoms with Gasteiger partial charge in [-0.05, 0) is 42.0 Å². The molecule has 2 aromatic heterocycles. The van der Waals surface area contributed by atoms with E-state index in [0.717, 1.165) is 21.7 Å². The number of aromatic hydroxyl groups is 2. The lowest BCUT2D eigenvalue weighted by molar-refractivity contribution is 0.414. The van der Waals surface area contributed by atoms with Crippen molar-refractivity contribution in [3.63, 3.8) is 0 Å². The normalized spacial score (nSPS) is 12.1. The average Bonchev–Trinajstić information content (AvgIpc) is 3.28. The van der Waals surface area contributed by atoms with E-state index in [-0.39, 0.29) is 22.7 Å². The number of benzene rings is 4. The van der Waals surface area contributed by atoms with Crippen molar-refractivity contribution in [3.05, 3.63) is 54.1 Å². The van der Waals surface area contributed by atoms with Gasteiger partial charge >= 0.3 is 0 Å². The maximum absolute atomic E-state index is 11.1. The molecule has 5 heteroatoms. The third-order valence-corrected chi connectivity index (χ3v) is 5.60. The summed E-state index contributed by atoms with van der Waals surface area (Å²) in [6.45, 7) is 2.04. The summed E-state index contributed by atoms with van der Waals surface area (Å²) >= 11 is 0. The first-order valence-corrected chi connectivity index (χ1v) is 9.26. The first kappa shape index (κ1) is 16.1. The summed E-state index contributed by atoms with van der Waals surface area (Å²) in [7, 11) is 1.57. The zero-order valence-electron chi connectivity index (χ0n) is 15.7. The van der Waals surface area contributed by atoms with E-state index in [1.807, 2.05) is 31.2 Å². The third kappa shape index (κ3) is 2.04. The number of aryl methyl sites for hydroxylation is 1. The molecule has 0 saturated heterocycles. The van der Waals surface area contributed by atoms with Gasteiger partial charge in [-0.15, -0.1) is 0 Å². The fourth-order valence-electron chi connectivity index (χ4n) is 4.19. The number of phenols is 2. The molecule has 0 spiro atoms. The van der Waals surface area contributed by atoms with Gasteiger partial charge in [0.2, 0.25) is 0 Å². The molecule has 2 heterocycles. The molecule has 0 fully saturated rings. The van der Waals surface area contributed by atoms with Crippen molar-refractivity contribution < 1.29 is 23.8 Å². The molecule has 142 valence electrons. The van der Waals surface area contributed by atoms with E-state index >= 15 is 0 Å². The van der Waals surface area contributed by atoms with Gasteiger partial charge in [-0.25, -0.2) is 0 Å². The highest BCUT2D eigenvalue weighted by molar-refractivity contribution is 6.23. The number of ether oxygens (including phenoxy) is 1. The summed E-state index contributed by atoms with van der Waals surface area (Å²) in [6, 6.07) is 15.4. The predicted molar refractivity (Wildman–Crippen MR) is 113 cm³/mol. The molecule has 0 radical (unpaired) electrons. The Labute approximate surface area is 164 Å². The van der Waals surface area contributed by atoms with Crippen molar-refractivity contribution in [2.24, 2.45) is 0 Å². The minimum absolute atomic E-state index is 0.0480. The molecule has 0 atom stereocenters. The summed E-state index contributed by atoms with van der Waals surface area (Å²) in [6.07, 6.45) is 0. The molecule has 0 saturated carbocycles. The Bertz CT molecular complexity index is 1620. The molecule has 0 bridgehead atoms. The van der Waals surface area contributed by atoms with Crippen LogP contribution in [0.3, 0.4) is 0 Å². The van der Waals surface area contributed by atoms with Crippen LogP contribution in [0.2, 0.25) is 0 Å². The first-order chi connectivity index (χ1) is 14.0. The highest BCUT2D eigenvalue weighted by atomic mass is 16.5. The summed E-state index contributed by atoms with van der Waals surface area (Å²) in [5.41, 5.74) is 2.74. The van der Waals surface area contributed by atoms with Crippen molar-refractivity contribution in [1.82, 2.24) is 0 Å². The number of methoxy groups -OCH3 is 1. The van der Waals surface area contributed by atoms with Crippen LogP contribution in [0.4, 0.5) is 0 Å². The van der Waals surface area contributed by atoms with Crippen molar-refractivity contribution >= 4 is 54.6 Å². The summed E-state index contributed by atoms with van der Waals surface area (Å²) in [5.74, 6) is 0.535. The lowest BCUT2D eigenvalue weighted by Crippen LogP contribution is -1.80. The topological polar surface area (TPSA) is 76.0 Å². The predicted octanol–water partition coefficient (Wildman–Crippen LogP) is 6.37. The van der Waals surface area contributed by atoms with Crippen LogP contribution in [0.1, 0.15) is 5.56 Å². The van der Waals surface area contributed by atoms with E-state index < -0.39 is 0 Å². The lowest BCUT2D eigenvalue weighted by Gasteiger charge is -2.01. The molecule has 29 heavy (non-hydrogen) atoms. The van der Waals surface area contributed by atoms with Gasteiger partial charge < -0.3 is 23.8 Å². The Morgan fingerprint density at radius 1 is 0.724 bits per heavy atom. The number of phenolic OH excluding ortho intramolecular Hbond substituents is 2. The fourth-order valence-corrected chi connectivity index (χ4v) is 4.19. The molecular weight excluding hydrogens is 368 g/mol. The van der Waals surface area contributed by atoms with Crippen LogP contribution in [0.5, 0.6) is 17.2 Å². The quantitative estimate of drug-likeness (QED) is 0.322. The smallest absolute Gasteiger partial charge is 0.181 e. The SMILES string of the molecule is COc1ccc2c(c1)oc1c(O)c3c(oc4cc5cc(C)ccc5cc43)c(O)c12. The maximum atomic E-state index is 11.1. The molecule has 0 aliphatic carbocycles. The van der Waals surface area contributed by atoms with Gasteiger partial charge in [-0.3, -0.25) is 0 Å². The minimum Gasteiger partial charge on any atom is -0.504 e. The van der Waals surface area contributed by atoms with Crippen LogP contribution < -0.4 is 4.74 Å². The Kier molecular flexibility index (Phi) is 2.98. The lowest BCUT2D eigenvalue weighted by atomic mass is 10.0. The second kappa shape index (κ2) is 5.35. The summed E-state index contributed by atoms with van der Waals surface area (Å²) < 4.78 is 17.2. The Morgan fingerprint density at radius 3 is 2.14 bits per heavy atom. The second-order valence-corrected chi connectivity index (χ2v) is 7.37. The zero-order chi connectivity index (χ0) is 19.9. The number of hydrogen-bond donors (Lipinski definition) is 2. The van der Waals surface area contributed by atoms with E-state index in [0.29, 0.717) is 33.1 Å². The van der Waals surface area contributed by atoms with Gasteiger partial charge in [0, 0.05) is 16.8 Å². The zero-order valence-corrected chi connectivity index (χ0v) is 15.7. The number of furan rings is 2. The van der Waals surface area contributed by atoms with Crippen LogP contribution >= 0.6 is 0 Å². The molecule has 0 amide bonds. The van der Waals surface area contributed by atoms with E-state index in [9.17, 15) is 10.2 Å². The van der Waals surface area contributed by atoms with Crippen LogP contribution in [-0.4, -0.2) is 17.3 Å². The van der Waals surface area contributed by atoms with E-state index in [4.69, 9.17) is 13.6 Å². The Morgan fingerprint density at radius 2 is 1.41 bits per heavy atom. The van der Waals surface area contributed by atoms with E-state index in [1.54, 1.807) is 25.3 Å². The third-order valence-electron chi connectivity index (χ3n) is 5.60. The molecule has 4 aromatic carbocycles. The van der Waals surface area contributed by atoms with Gasteiger partial charge in [0.1, 0.15) is 16.9 Å². The molecular formula is C24H16O5. The minimum atomic E-state index is -0.0480. The van der Waals surface area contributed by atoms with Gasteiger partial charge in [-0.1, -0.05) is 23.8 Å². The molecule has 5 nitrogen and oxygen atoms in total. The Hall–Kier alpha value is -3.86. The fraction of sp³-hybridized carbons (Fsp3) is 0.0833. The Balaban J connectivity index is 1.80.